The lowest BCUT2D eigenvalue weighted by Gasteiger charge is -2.22. The van der Waals surface area contributed by atoms with E-state index >= 15 is 0 Å². The number of hydrogen-bond acceptors (Lipinski definition) is 8. The summed E-state index contributed by atoms with van der Waals surface area (Å²) in [4.78, 5) is 22.7. The van der Waals surface area contributed by atoms with Crippen LogP contribution >= 0.6 is 12.6 Å². The maximum atomic E-state index is 13.0. The first-order valence-electron chi connectivity index (χ1n) is 9.30. The van der Waals surface area contributed by atoms with Crippen molar-refractivity contribution in [1.82, 2.24) is 10.0 Å². The number of nitrogens with one attached hydrogen (secondary N) is 3. The van der Waals surface area contributed by atoms with E-state index in [1.54, 1.807) is 27.8 Å². The summed E-state index contributed by atoms with van der Waals surface area (Å²) >= 11 is 4.35. The van der Waals surface area contributed by atoms with Gasteiger partial charge in [-0.05, 0) is 45.0 Å². The fourth-order valence-corrected chi connectivity index (χ4v) is 4.66. The Balaban J connectivity index is 2.33. The second-order valence-electron chi connectivity index (χ2n) is 7.65. The summed E-state index contributed by atoms with van der Waals surface area (Å²) in [7, 11) is -2.31. The topological polar surface area (TPSA) is 140 Å². The minimum absolute atomic E-state index is 0.0848. The van der Waals surface area contributed by atoms with Crippen LogP contribution in [-0.4, -0.2) is 32.0 Å². The molecule has 0 aromatic heterocycles. The van der Waals surface area contributed by atoms with E-state index in [9.17, 15) is 23.3 Å². The fourth-order valence-electron chi connectivity index (χ4n) is 2.59. The summed E-state index contributed by atoms with van der Waals surface area (Å²) in [5, 5.41) is 16.0. The highest BCUT2D eigenvalue weighted by Crippen LogP contribution is 2.29. The first-order chi connectivity index (χ1) is 14.8. The van der Waals surface area contributed by atoms with Gasteiger partial charge in [0.1, 0.15) is 5.75 Å². The number of nitro groups is 1. The van der Waals surface area contributed by atoms with E-state index in [1.807, 2.05) is 0 Å². The van der Waals surface area contributed by atoms with Crippen LogP contribution in [0.4, 0.5) is 16.2 Å². The van der Waals surface area contributed by atoms with Crippen molar-refractivity contribution in [3.05, 3.63) is 64.3 Å². The van der Waals surface area contributed by atoms with Gasteiger partial charge in [-0.1, -0.05) is 6.07 Å². The van der Waals surface area contributed by atoms with Gasteiger partial charge in [-0.3, -0.25) is 15.4 Å². The largest absolute Gasteiger partial charge is 0.417 e. The van der Waals surface area contributed by atoms with E-state index in [2.05, 4.69) is 28.0 Å². The van der Waals surface area contributed by atoms with Crippen LogP contribution in [0.15, 0.2) is 53.6 Å². The van der Waals surface area contributed by atoms with Crippen LogP contribution in [0.1, 0.15) is 26.3 Å². The van der Waals surface area contributed by atoms with Gasteiger partial charge in [0, 0.05) is 47.1 Å². The Morgan fingerprint density at radius 3 is 2.31 bits per heavy atom. The van der Waals surface area contributed by atoms with E-state index in [0.29, 0.717) is 10.5 Å². The van der Waals surface area contributed by atoms with E-state index < -0.39 is 26.6 Å². The number of amides is 1. The molecule has 3 N–H and O–H groups in total. The van der Waals surface area contributed by atoms with Crippen molar-refractivity contribution in [2.45, 2.75) is 31.2 Å². The smallest absolute Gasteiger partial charge is 0.410 e. The number of carbonyl (C=O) groups is 1. The minimum Gasteiger partial charge on any atom is -0.410 e. The van der Waals surface area contributed by atoms with Gasteiger partial charge < -0.3 is 10.1 Å². The highest BCUT2D eigenvalue weighted by molar-refractivity contribution is 7.91. The average Bonchev–Trinajstić information content (AvgIpc) is 2.66. The molecule has 12 heteroatoms. The lowest BCUT2D eigenvalue weighted by atomic mass is 10.1. The molecule has 0 aliphatic carbocycles. The maximum absolute atomic E-state index is 13.0. The number of carbonyl (C=O) groups excluding carboxylic acids is 1. The molecule has 1 amide bonds. The van der Waals surface area contributed by atoms with Gasteiger partial charge in [-0.25, -0.2) is 17.9 Å². The molecule has 0 saturated carbocycles. The molecule has 0 aliphatic heterocycles. The van der Waals surface area contributed by atoms with E-state index in [4.69, 9.17) is 4.74 Å². The molecule has 0 radical (unpaired) electrons. The number of non-ortho nitro benzene ring substituents is 1. The van der Waals surface area contributed by atoms with E-state index in [0.717, 1.165) is 0 Å². The molecule has 32 heavy (non-hydrogen) atoms. The zero-order chi connectivity index (χ0) is 24.1. The van der Waals surface area contributed by atoms with Crippen molar-refractivity contribution in [2.24, 2.45) is 0 Å². The number of rotatable bonds is 7. The van der Waals surface area contributed by atoms with Crippen LogP contribution in [-0.2, 0) is 10.0 Å². The van der Waals surface area contributed by atoms with Crippen LogP contribution in [0.3, 0.4) is 0 Å². The Labute approximate surface area is 191 Å². The van der Waals surface area contributed by atoms with Gasteiger partial charge in [0.2, 0.25) is 10.0 Å². The Bertz CT molecular complexity index is 1140. The van der Waals surface area contributed by atoms with Crippen LogP contribution in [0.2, 0.25) is 0 Å². The quantitative estimate of drug-likeness (QED) is 0.269. The lowest BCUT2D eigenvalue weighted by molar-refractivity contribution is -0.384. The van der Waals surface area contributed by atoms with Crippen LogP contribution < -0.4 is 20.1 Å². The van der Waals surface area contributed by atoms with Crippen LogP contribution in [0, 0.1) is 10.1 Å². The number of sulfonamides is 1. The van der Waals surface area contributed by atoms with Crippen LogP contribution in [0.25, 0.3) is 4.91 Å². The molecule has 2 aromatic rings. The lowest BCUT2D eigenvalue weighted by Crippen LogP contribution is -2.40. The third-order valence-electron chi connectivity index (χ3n) is 3.77. The molecule has 0 spiro atoms. The molecule has 0 bridgehead atoms. The van der Waals surface area contributed by atoms with Crippen molar-refractivity contribution >= 4 is 45.0 Å². The molecule has 0 unspecified atom stereocenters. The summed E-state index contributed by atoms with van der Waals surface area (Å²) in [5.74, 6) is 0.0848. The third-order valence-corrected chi connectivity index (χ3v) is 5.94. The predicted octanol–water partition coefficient (Wildman–Crippen LogP) is 3.73. The number of thiol groups is 1. The van der Waals surface area contributed by atoms with E-state index in [1.165, 1.54) is 48.7 Å². The SMILES string of the molecule is CN/C=C(\S)c1ccc(NC(=O)Oc2ccc([N+](=O)[O-])cc2)cc1S(=O)(=O)NC(C)(C)C. The zero-order valence-corrected chi connectivity index (χ0v) is 19.6. The molecular weight excluding hydrogens is 456 g/mol. The molecule has 2 aromatic carbocycles. The molecule has 0 heterocycles. The first kappa shape index (κ1) is 25.2. The number of ether oxygens (including phenoxy) is 1. The van der Waals surface area contributed by atoms with Crippen LogP contribution in [0.5, 0.6) is 5.75 Å². The molecule has 0 aliphatic rings. The van der Waals surface area contributed by atoms with Gasteiger partial charge in [-0.2, -0.15) is 0 Å². The summed E-state index contributed by atoms with van der Waals surface area (Å²) in [5.41, 5.74) is -0.390. The molecule has 0 atom stereocenters. The monoisotopic (exact) mass is 480 g/mol. The number of nitro benzene ring substituents is 1. The normalized spacial score (nSPS) is 12.2. The van der Waals surface area contributed by atoms with Crippen molar-refractivity contribution in [2.75, 3.05) is 12.4 Å². The summed E-state index contributed by atoms with van der Waals surface area (Å²) in [6.45, 7) is 5.12. The van der Waals surface area contributed by atoms with Gasteiger partial charge in [-0.15, -0.1) is 12.6 Å². The van der Waals surface area contributed by atoms with Crippen molar-refractivity contribution in [1.29, 1.82) is 0 Å². The summed E-state index contributed by atoms with van der Waals surface area (Å²) in [6.07, 6.45) is 0.639. The Morgan fingerprint density at radius 1 is 1.16 bits per heavy atom. The van der Waals surface area contributed by atoms with Gasteiger partial charge in [0.05, 0.1) is 9.82 Å². The van der Waals surface area contributed by atoms with Gasteiger partial charge in [0.25, 0.3) is 5.69 Å². The molecule has 10 nitrogen and oxygen atoms in total. The van der Waals surface area contributed by atoms with Gasteiger partial charge >= 0.3 is 6.09 Å². The second kappa shape index (κ2) is 10.0. The molecular formula is C20H24N4O6S2. The summed E-state index contributed by atoms with van der Waals surface area (Å²) < 4.78 is 33.7. The number of nitrogens with zero attached hydrogens (tertiary/aromatic N) is 1. The third kappa shape index (κ3) is 6.97. The zero-order valence-electron chi connectivity index (χ0n) is 17.9. The van der Waals surface area contributed by atoms with Crippen molar-refractivity contribution < 1.29 is 22.9 Å². The molecule has 0 saturated heterocycles. The first-order valence-corrected chi connectivity index (χ1v) is 11.2. The van der Waals surface area contributed by atoms with Gasteiger partial charge in [0.15, 0.2) is 0 Å². The predicted molar refractivity (Wildman–Crippen MR) is 125 cm³/mol. The second-order valence-corrected chi connectivity index (χ2v) is 9.78. The molecule has 2 rings (SSSR count). The maximum Gasteiger partial charge on any atom is 0.417 e. The Kier molecular flexibility index (Phi) is 7.88. The average molecular weight is 481 g/mol. The molecule has 0 fully saturated rings. The minimum atomic E-state index is -3.97. The number of anilines is 1. The fraction of sp³-hybridized carbons (Fsp3) is 0.250. The molecule has 172 valence electrons. The number of hydrogen-bond donors (Lipinski definition) is 4. The highest BCUT2D eigenvalue weighted by Gasteiger charge is 2.26. The van der Waals surface area contributed by atoms with Crippen molar-refractivity contribution in [3.8, 4) is 5.75 Å². The Hall–Kier alpha value is -3.09. The standard InChI is InChI=1S/C20H24N4O6S2/c1-20(2,3)23-32(28,29)18-11-13(5-10-16(18)17(31)12-21-4)22-19(25)30-15-8-6-14(7-9-15)24(26)27/h5-12,21,23,31H,1-4H3,(H,22,25)/b17-12-. The number of benzene rings is 2. The Morgan fingerprint density at radius 2 is 1.78 bits per heavy atom. The van der Waals surface area contributed by atoms with E-state index in [-0.39, 0.29) is 22.0 Å². The highest BCUT2D eigenvalue weighted by atomic mass is 32.2. The summed E-state index contributed by atoms with van der Waals surface area (Å²) in [6, 6.07) is 9.25. The van der Waals surface area contributed by atoms with Crippen molar-refractivity contribution in [3.63, 3.8) is 0 Å².